The highest BCUT2D eigenvalue weighted by atomic mass is 16.2. The van der Waals surface area contributed by atoms with Crippen LogP contribution in [0.15, 0.2) is 47.6 Å². The minimum absolute atomic E-state index is 0.156. The van der Waals surface area contributed by atoms with Crippen LogP contribution in [0.4, 0.5) is 4.79 Å². The van der Waals surface area contributed by atoms with Crippen molar-refractivity contribution in [1.82, 2.24) is 25.0 Å². The minimum Gasteiger partial charge on any atom is -0.310 e. The SMILES string of the molecule is CCN1N=C(C)CN2C3C(=O)N(Cc4cccc5ccccc45)C(=O)N(C)C3NC12. The van der Waals surface area contributed by atoms with Crippen LogP contribution in [-0.4, -0.2) is 76.0 Å². The van der Waals surface area contributed by atoms with Crippen molar-refractivity contribution in [3.8, 4) is 0 Å². The van der Waals surface area contributed by atoms with Gasteiger partial charge in [0.1, 0.15) is 12.2 Å². The molecule has 5 rings (SSSR count). The van der Waals surface area contributed by atoms with E-state index in [4.69, 9.17) is 0 Å². The molecule has 0 aromatic heterocycles. The number of amides is 3. The number of benzene rings is 2. The predicted molar refractivity (Wildman–Crippen MR) is 114 cm³/mol. The molecule has 3 unspecified atom stereocenters. The zero-order valence-corrected chi connectivity index (χ0v) is 17.4. The lowest BCUT2D eigenvalue weighted by atomic mass is 10.0. The van der Waals surface area contributed by atoms with Crippen LogP contribution in [0.3, 0.4) is 0 Å². The number of nitrogens with zero attached hydrogens (tertiary/aromatic N) is 5. The Kier molecular flexibility index (Phi) is 4.48. The van der Waals surface area contributed by atoms with Crippen LogP contribution in [0.25, 0.3) is 10.8 Å². The maximum atomic E-state index is 13.6. The number of carbonyl (C=O) groups excluding carboxylic acids is 2. The van der Waals surface area contributed by atoms with Crippen LogP contribution in [0.2, 0.25) is 0 Å². The lowest BCUT2D eigenvalue weighted by Crippen LogP contribution is -2.66. The summed E-state index contributed by atoms with van der Waals surface area (Å²) in [7, 11) is 1.76. The monoisotopic (exact) mass is 406 g/mol. The zero-order valence-electron chi connectivity index (χ0n) is 17.4. The van der Waals surface area contributed by atoms with Crippen LogP contribution in [0.5, 0.6) is 0 Å². The number of fused-ring (bicyclic) bond motifs is 4. The van der Waals surface area contributed by atoms with E-state index in [1.165, 1.54) is 4.90 Å². The predicted octanol–water partition coefficient (Wildman–Crippen LogP) is 1.83. The normalized spacial score (nSPS) is 26.8. The highest BCUT2D eigenvalue weighted by molar-refractivity contribution is 6.01. The Labute approximate surface area is 175 Å². The van der Waals surface area contributed by atoms with Crippen LogP contribution in [0.1, 0.15) is 19.4 Å². The van der Waals surface area contributed by atoms with Crippen LogP contribution in [0, 0.1) is 0 Å². The van der Waals surface area contributed by atoms with Crippen molar-refractivity contribution in [2.45, 2.75) is 38.9 Å². The second-order valence-electron chi connectivity index (χ2n) is 8.15. The Balaban J connectivity index is 1.49. The van der Waals surface area contributed by atoms with E-state index in [1.807, 2.05) is 61.3 Å². The Morgan fingerprint density at radius 2 is 1.90 bits per heavy atom. The van der Waals surface area contributed by atoms with Gasteiger partial charge in [-0.05, 0) is 30.2 Å². The molecule has 0 spiro atoms. The van der Waals surface area contributed by atoms with Gasteiger partial charge in [0, 0.05) is 25.8 Å². The number of nitrogens with one attached hydrogen (secondary N) is 1. The van der Waals surface area contributed by atoms with E-state index < -0.39 is 6.04 Å². The molecule has 2 aromatic rings. The number of likely N-dealkylation sites (N-methyl/N-ethyl adjacent to an activating group) is 1. The maximum absolute atomic E-state index is 13.6. The van der Waals surface area contributed by atoms with Gasteiger partial charge in [-0.25, -0.2) is 9.69 Å². The Hall–Kier alpha value is -2.97. The molecule has 1 N–H and O–H groups in total. The van der Waals surface area contributed by atoms with E-state index in [0.29, 0.717) is 6.54 Å². The van der Waals surface area contributed by atoms with Gasteiger partial charge in [-0.2, -0.15) is 5.10 Å². The van der Waals surface area contributed by atoms with E-state index in [-0.39, 0.29) is 30.9 Å². The molecule has 156 valence electrons. The van der Waals surface area contributed by atoms with Crippen molar-refractivity contribution < 1.29 is 9.59 Å². The number of hydrogen-bond donors (Lipinski definition) is 1. The summed E-state index contributed by atoms with van der Waals surface area (Å²) < 4.78 is 0. The molecule has 3 aliphatic rings. The summed E-state index contributed by atoms with van der Waals surface area (Å²) >= 11 is 0. The molecule has 3 atom stereocenters. The van der Waals surface area contributed by atoms with Gasteiger partial charge in [-0.15, -0.1) is 0 Å². The second-order valence-corrected chi connectivity index (χ2v) is 8.15. The van der Waals surface area contributed by atoms with Gasteiger partial charge in [0.15, 0.2) is 6.29 Å². The Bertz CT molecular complexity index is 1050. The molecule has 2 fully saturated rings. The molecule has 2 aromatic carbocycles. The van der Waals surface area contributed by atoms with Crippen molar-refractivity contribution >= 4 is 28.4 Å². The fourth-order valence-corrected chi connectivity index (χ4v) is 4.84. The average Bonchev–Trinajstić information content (AvgIpc) is 3.14. The van der Waals surface area contributed by atoms with Gasteiger partial charge in [0.2, 0.25) is 0 Å². The molecule has 8 heteroatoms. The largest absolute Gasteiger partial charge is 0.328 e. The van der Waals surface area contributed by atoms with Crippen LogP contribution >= 0.6 is 0 Å². The topological polar surface area (TPSA) is 71.5 Å². The Morgan fingerprint density at radius 1 is 1.13 bits per heavy atom. The van der Waals surface area contributed by atoms with Gasteiger partial charge in [-0.1, -0.05) is 42.5 Å². The van der Waals surface area contributed by atoms with E-state index in [1.54, 1.807) is 11.9 Å². The fourth-order valence-electron chi connectivity index (χ4n) is 4.84. The number of urea groups is 1. The summed E-state index contributed by atoms with van der Waals surface area (Å²) in [5, 5.41) is 12.2. The standard InChI is InChI=1S/C22H26N6O2/c1-4-28-21-23-19-18(26(21)12-14(2)24-28)20(29)27(22(30)25(19)3)13-16-10-7-9-15-8-5-6-11-17(15)16/h5-11,18-19,21,23H,4,12-13H2,1-3H3. The third-order valence-corrected chi connectivity index (χ3v) is 6.28. The highest BCUT2D eigenvalue weighted by Crippen LogP contribution is 2.31. The smallest absolute Gasteiger partial charge is 0.310 e. The molecule has 0 saturated carbocycles. The molecule has 3 amide bonds. The molecule has 8 nitrogen and oxygen atoms in total. The van der Waals surface area contributed by atoms with Gasteiger partial charge < -0.3 is 4.90 Å². The summed E-state index contributed by atoms with van der Waals surface area (Å²) in [6, 6.07) is 13.3. The first-order chi connectivity index (χ1) is 14.5. The summed E-state index contributed by atoms with van der Waals surface area (Å²) in [6.07, 6.45) is -0.556. The summed E-state index contributed by atoms with van der Waals surface area (Å²) in [6.45, 7) is 5.59. The minimum atomic E-state index is -0.438. The number of carbonyl (C=O) groups is 2. The van der Waals surface area contributed by atoms with E-state index >= 15 is 0 Å². The third kappa shape index (κ3) is 2.79. The lowest BCUT2D eigenvalue weighted by molar-refractivity contribution is -0.139. The van der Waals surface area contributed by atoms with Crippen molar-refractivity contribution in [3.63, 3.8) is 0 Å². The molecule has 0 radical (unpaired) electrons. The summed E-state index contributed by atoms with van der Waals surface area (Å²) in [5.41, 5.74) is 1.93. The molecule has 0 aliphatic carbocycles. The number of imide groups is 1. The van der Waals surface area contributed by atoms with Crippen LogP contribution < -0.4 is 5.32 Å². The molecule has 30 heavy (non-hydrogen) atoms. The maximum Gasteiger partial charge on any atom is 0.328 e. The number of hydrogen-bond acceptors (Lipinski definition) is 6. The molecular weight excluding hydrogens is 380 g/mol. The fraction of sp³-hybridized carbons (Fsp3) is 0.409. The summed E-state index contributed by atoms with van der Waals surface area (Å²) in [4.78, 5) is 31.9. The van der Waals surface area contributed by atoms with Crippen LogP contribution in [-0.2, 0) is 11.3 Å². The average molecular weight is 406 g/mol. The van der Waals surface area contributed by atoms with Crippen molar-refractivity contribution in [2.24, 2.45) is 5.10 Å². The van der Waals surface area contributed by atoms with Crippen molar-refractivity contribution in [3.05, 3.63) is 48.0 Å². The highest BCUT2D eigenvalue weighted by Gasteiger charge is 2.56. The molecule has 0 bridgehead atoms. The first-order valence-electron chi connectivity index (χ1n) is 10.4. The van der Waals surface area contributed by atoms with Crippen molar-refractivity contribution in [1.29, 1.82) is 0 Å². The Morgan fingerprint density at radius 3 is 2.70 bits per heavy atom. The third-order valence-electron chi connectivity index (χ3n) is 6.28. The van der Waals surface area contributed by atoms with Gasteiger partial charge in [0.05, 0.1) is 6.54 Å². The summed E-state index contributed by atoms with van der Waals surface area (Å²) in [5.74, 6) is -0.156. The number of rotatable bonds is 3. The zero-order chi connectivity index (χ0) is 21.0. The lowest BCUT2D eigenvalue weighted by Gasteiger charge is -2.42. The quantitative estimate of drug-likeness (QED) is 0.842. The van der Waals surface area contributed by atoms with E-state index in [0.717, 1.165) is 28.6 Å². The van der Waals surface area contributed by atoms with Gasteiger partial charge in [0.25, 0.3) is 5.91 Å². The molecule has 3 heterocycles. The molecule has 2 saturated heterocycles. The molecule has 3 aliphatic heterocycles. The first kappa shape index (κ1) is 19.0. The first-order valence-corrected chi connectivity index (χ1v) is 10.4. The van der Waals surface area contributed by atoms with E-state index in [2.05, 4.69) is 15.3 Å². The van der Waals surface area contributed by atoms with Gasteiger partial charge >= 0.3 is 6.03 Å². The van der Waals surface area contributed by atoms with Crippen molar-refractivity contribution in [2.75, 3.05) is 20.1 Å². The molecular formula is C22H26N6O2. The second kappa shape index (κ2) is 7.07. The number of hydrazone groups is 1. The van der Waals surface area contributed by atoms with Gasteiger partial charge in [-0.3, -0.25) is 20.0 Å². The van der Waals surface area contributed by atoms with E-state index in [9.17, 15) is 9.59 Å².